The highest BCUT2D eigenvalue weighted by Gasteiger charge is 2.30. The summed E-state index contributed by atoms with van der Waals surface area (Å²) in [6, 6.07) is 6.63. The lowest BCUT2D eigenvalue weighted by atomic mass is 10.1. The van der Waals surface area contributed by atoms with Gasteiger partial charge in [0.2, 0.25) is 0 Å². The van der Waals surface area contributed by atoms with E-state index in [0.29, 0.717) is 17.5 Å². The molecule has 0 spiro atoms. The molecule has 0 unspecified atom stereocenters. The van der Waals surface area contributed by atoms with Crippen molar-refractivity contribution in [2.75, 3.05) is 0 Å². The molecule has 0 fully saturated rings. The molecule has 0 saturated heterocycles. The lowest BCUT2D eigenvalue weighted by Gasteiger charge is -2.09. The Morgan fingerprint density at radius 1 is 1.14 bits per heavy atom. The number of hydrogen-bond acceptors (Lipinski definition) is 3. The summed E-state index contributed by atoms with van der Waals surface area (Å²) >= 11 is 0. The Balaban J connectivity index is 1.74. The van der Waals surface area contributed by atoms with Crippen LogP contribution in [0.5, 0.6) is 0 Å². The maximum absolute atomic E-state index is 13.3. The summed E-state index contributed by atoms with van der Waals surface area (Å²) < 4.78 is 52.5. The van der Waals surface area contributed by atoms with E-state index in [1.165, 1.54) is 23.0 Å². The van der Waals surface area contributed by atoms with Crippen molar-refractivity contribution in [2.45, 2.75) is 26.6 Å². The van der Waals surface area contributed by atoms with Crippen molar-refractivity contribution in [1.82, 2.24) is 20.1 Å². The summed E-state index contributed by atoms with van der Waals surface area (Å²) in [5.41, 5.74) is 1.04. The van der Waals surface area contributed by atoms with Crippen LogP contribution in [0.2, 0.25) is 0 Å². The Hall–Kier alpha value is -3.23. The zero-order chi connectivity index (χ0) is 20.5. The fraction of sp³-hybridized carbons (Fsp3) is 0.211. The van der Waals surface area contributed by atoms with Crippen LogP contribution in [0, 0.1) is 19.7 Å². The van der Waals surface area contributed by atoms with E-state index in [1.807, 2.05) is 0 Å². The van der Waals surface area contributed by atoms with Crippen molar-refractivity contribution >= 4 is 5.91 Å². The molecular formula is C19H16F4N4O. The lowest BCUT2D eigenvalue weighted by Crippen LogP contribution is -2.23. The highest BCUT2D eigenvalue weighted by molar-refractivity contribution is 5.95. The molecule has 146 valence electrons. The first-order valence-electron chi connectivity index (χ1n) is 8.28. The van der Waals surface area contributed by atoms with Gasteiger partial charge >= 0.3 is 6.18 Å². The van der Waals surface area contributed by atoms with Crippen molar-refractivity contribution in [3.05, 3.63) is 76.5 Å². The molecule has 0 atom stereocenters. The molecule has 5 nitrogen and oxygen atoms in total. The molecule has 28 heavy (non-hydrogen) atoms. The number of rotatable bonds is 4. The number of alkyl halides is 3. The Labute approximate surface area is 158 Å². The molecule has 2 aromatic heterocycles. The van der Waals surface area contributed by atoms with Crippen LogP contribution in [-0.2, 0) is 12.7 Å². The molecule has 1 aromatic carbocycles. The Morgan fingerprint density at radius 2 is 1.89 bits per heavy atom. The minimum atomic E-state index is -4.48. The van der Waals surface area contributed by atoms with E-state index < -0.39 is 17.6 Å². The van der Waals surface area contributed by atoms with Gasteiger partial charge in [-0.2, -0.15) is 18.3 Å². The van der Waals surface area contributed by atoms with E-state index in [0.717, 1.165) is 11.6 Å². The fourth-order valence-corrected chi connectivity index (χ4v) is 2.64. The number of benzene rings is 1. The first-order chi connectivity index (χ1) is 13.2. The molecular weight excluding hydrogens is 376 g/mol. The monoisotopic (exact) mass is 392 g/mol. The maximum atomic E-state index is 13.3. The summed E-state index contributed by atoms with van der Waals surface area (Å²) in [4.78, 5) is 16.2. The number of amides is 1. The van der Waals surface area contributed by atoms with Crippen molar-refractivity contribution in [1.29, 1.82) is 0 Å². The summed E-state index contributed by atoms with van der Waals surface area (Å²) in [7, 11) is 0. The first-order valence-corrected chi connectivity index (χ1v) is 8.28. The van der Waals surface area contributed by atoms with Gasteiger partial charge in [0.15, 0.2) is 5.82 Å². The van der Waals surface area contributed by atoms with Gasteiger partial charge < -0.3 is 5.32 Å². The number of pyridine rings is 1. The first kappa shape index (κ1) is 19.5. The molecule has 3 rings (SSSR count). The second-order valence-corrected chi connectivity index (χ2v) is 6.22. The Bertz CT molecular complexity index is 1010. The minimum Gasteiger partial charge on any atom is -0.348 e. The summed E-state index contributed by atoms with van der Waals surface area (Å²) in [5, 5.41) is 6.75. The van der Waals surface area contributed by atoms with Gasteiger partial charge in [0.1, 0.15) is 5.82 Å². The summed E-state index contributed by atoms with van der Waals surface area (Å²) in [6.07, 6.45) is -2.44. The van der Waals surface area contributed by atoms with Gasteiger partial charge in [-0.1, -0.05) is 12.1 Å². The van der Waals surface area contributed by atoms with Crippen LogP contribution in [0.1, 0.15) is 32.7 Å². The van der Waals surface area contributed by atoms with Gasteiger partial charge in [0.25, 0.3) is 5.91 Å². The third-order valence-electron chi connectivity index (χ3n) is 4.22. The highest BCUT2D eigenvalue weighted by Crippen LogP contribution is 2.28. The minimum absolute atomic E-state index is 0.165. The third-order valence-corrected chi connectivity index (χ3v) is 4.22. The van der Waals surface area contributed by atoms with Crippen molar-refractivity contribution in [2.24, 2.45) is 0 Å². The topological polar surface area (TPSA) is 59.8 Å². The van der Waals surface area contributed by atoms with E-state index >= 15 is 0 Å². The zero-order valence-electron chi connectivity index (χ0n) is 15.0. The number of nitrogens with one attached hydrogen (secondary N) is 1. The maximum Gasteiger partial charge on any atom is 0.417 e. The molecule has 0 radical (unpaired) electrons. The molecule has 1 N–H and O–H groups in total. The Morgan fingerprint density at radius 3 is 2.50 bits per heavy atom. The normalized spacial score (nSPS) is 11.5. The summed E-state index contributed by atoms with van der Waals surface area (Å²) in [6.45, 7) is 3.44. The van der Waals surface area contributed by atoms with Crippen LogP contribution in [0.25, 0.3) is 5.82 Å². The largest absolute Gasteiger partial charge is 0.417 e. The van der Waals surface area contributed by atoms with E-state index in [1.54, 1.807) is 26.0 Å². The molecule has 2 heterocycles. The van der Waals surface area contributed by atoms with Gasteiger partial charge in [-0.3, -0.25) is 4.79 Å². The van der Waals surface area contributed by atoms with Gasteiger partial charge in [-0.05, 0) is 43.2 Å². The quantitative estimate of drug-likeness (QED) is 0.684. The molecule has 0 saturated carbocycles. The molecule has 0 aliphatic carbocycles. The number of aryl methyl sites for hydroxylation is 1. The molecule has 9 heteroatoms. The Kier molecular flexibility index (Phi) is 5.17. The predicted octanol–water partition coefficient (Wildman–Crippen LogP) is 3.97. The number of hydrogen-bond donors (Lipinski definition) is 1. The van der Waals surface area contributed by atoms with E-state index in [2.05, 4.69) is 15.4 Å². The number of nitrogens with zero attached hydrogens (tertiary/aromatic N) is 3. The molecule has 3 aromatic rings. The number of carbonyl (C=O) groups is 1. The second-order valence-electron chi connectivity index (χ2n) is 6.22. The van der Waals surface area contributed by atoms with Crippen LogP contribution in [0.4, 0.5) is 17.6 Å². The van der Waals surface area contributed by atoms with Gasteiger partial charge in [-0.15, -0.1) is 0 Å². The van der Waals surface area contributed by atoms with Crippen molar-refractivity contribution in [3.8, 4) is 5.82 Å². The fourth-order valence-electron chi connectivity index (χ4n) is 2.64. The number of aromatic nitrogens is 3. The van der Waals surface area contributed by atoms with Crippen molar-refractivity contribution < 1.29 is 22.4 Å². The molecule has 1 amide bonds. The lowest BCUT2D eigenvalue weighted by molar-refractivity contribution is -0.137. The SMILES string of the molecule is Cc1cc(CNC(=O)c2cnn(-c3ccc(C(F)(F)F)cn3)c2C)ccc1F. The second kappa shape index (κ2) is 7.41. The van der Waals surface area contributed by atoms with Gasteiger partial charge in [0.05, 0.1) is 23.0 Å². The molecule has 0 aliphatic rings. The predicted molar refractivity (Wildman–Crippen MR) is 93.4 cm³/mol. The van der Waals surface area contributed by atoms with E-state index in [-0.39, 0.29) is 23.7 Å². The van der Waals surface area contributed by atoms with Crippen molar-refractivity contribution in [3.63, 3.8) is 0 Å². The molecule has 0 aliphatic heterocycles. The van der Waals surface area contributed by atoms with Crippen LogP contribution in [-0.4, -0.2) is 20.7 Å². The zero-order valence-corrected chi connectivity index (χ0v) is 15.0. The average molecular weight is 392 g/mol. The van der Waals surface area contributed by atoms with Crippen LogP contribution in [0.15, 0.2) is 42.7 Å². The van der Waals surface area contributed by atoms with E-state index in [4.69, 9.17) is 0 Å². The smallest absolute Gasteiger partial charge is 0.348 e. The summed E-state index contributed by atoms with van der Waals surface area (Å²) in [5.74, 6) is -0.562. The number of halogens is 4. The van der Waals surface area contributed by atoms with Gasteiger partial charge in [-0.25, -0.2) is 14.1 Å². The average Bonchev–Trinajstić information content (AvgIpc) is 3.03. The molecule has 0 bridgehead atoms. The highest BCUT2D eigenvalue weighted by atomic mass is 19.4. The van der Waals surface area contributed by atoms with Gasteiger partial charge in [0, 0.05) is 12.7 Å². The standard InChI is InChI=1S/C19H16F4N4O/c1-11-7-13(3-5-16(11)20)8-25-18(28)15-10-26-27(12(15)2)17-6-4-14(9-24-17)19(21,22)23/h3-7,9-10H,8H2,1-2H3,(H,25,28). The van der Waals surface area contributed by atoms with Crippen LogP contribution < -0.4 is 5.32 Å². The van der Waals surface area contributed by atoms with Crippen LogP contribution >= 0.6 is 0 Å². The van der Waals surface area contributed by atoms with Crippen LogP contribution in [0.3, 0.4) is 0 Å². The third kappa shape index (κ3) is 4.03. The number of carbonyl (C=O) groups excluding carboxylic acids is 1. The van der Waals surface area contributed by atoms with E-state index in [9.17, 15) is 22.4 Å².